The van der Waals surface area contributed by atoms with Crippen molar-refractivity contribution < 1.29 is 0 Å². The number of anilines is 1. The van der Waals surface area contributed by atoms with Gasteiger partial charge in [-0.2, -0.15) is 10.2 Å². The topological polar surface area (TPSA) is 87.4 Å². The molecule has 115 valence electrons. The minimum absolute atomic E-state index is 0.419. The van der Waals surface area contributed by atoms with Gasteiger partial charge in [0.2, 0.25) is 0 Å². The van der Waals surface area contributed by atoms with Gasteiger partial charge in [0.15, 0.2) is 5.65 Å². The lowest BCUT2D eigenvalue weighted by molar-refractivity contribution is 0.719. The van der Waals surface area contributed by atoms with Gasteiger partial charge in [-0.05, 0) is 19.9 Å². The Balaban J connectivity index is 2.02. The lowest BCUT2D eigenvalue weighted by Crippen LogP contribution is -1.98. The molecule has 0 fully saturated rings. The molecule has 4 rings (SSSR count). The fourth-order valence-electron chi connectivity index (χ4n) is 2.87. The molecule has 0 spiro atoms. The fraction of sp³-hybridized carbons (Fsp3) is 0.188. The molecule has 1 aromatic carbocycles. The quantitative estimate of drug-likeness (QED) is 0.613. The Labute approximate surface area is 132 Å². The Morgan fingerprint density at radius 1 is 1.22 bits per heavy atom. The van der Waals surface area contributed by atoms with Gasteiger partial charge in [0.05, 0.1) is 10.9 Å². The van der Waals surface area contributed by atoms with E-state index < -0.39 is 0 Å². The predicted molar refractivity (Wildman–Crippen MR) is 89.5 cm³/mol. The summed E-state index contributed by atoms with van der Waals surface area (Å²) in [5.74, 6) is 0.419. The minimum atomic E-state index is 0.419. The van der Waals surface area contributed by atoms with E-state index in [0.29, 0.717) is 18.0 Å². The third-order valence-electron chi connectivity index (χ3n) is 4.17. The smallest absolute Gasteiger partial charge is 0.163 e. The molecule has 0 aliphatic carbocycles. The number of benzene rings is 1. The van der Waals surface area contributed by atoms with Gasteiger partial charge in [-0.25, -0.2) is 14.6 Å². The first kappa shape index (κ1) is 13.7. The van der Waals surface area contributed by atoms with Crippen molar-refractivity contribution in [2.75, 3.05) is 5.73 Å². The molecule has 0 bridgehead atoms. The predicted octanol–water partition coefficient (Wildman–Crippen LogP) is 2.10. The van der Waals surface area contributed by atoms with Gasteiger partial charge in [0.1, 0.15) is 17.8 Å². The number of aryl methyl sites for hydroxylation is 2. The number of fused-ring (bicyclic) bond motifs is 2. The number of hydrogen-bond acceptors (Lipinski definition) is 5. The number of nitrogens with zero attached hydrogens (tertiary/aromatic N) is 6. The summed E-state index contributed by atoms with van der Waals surface area (Å²) in [7, 11) is 1.94. The van der Waals surface area contributed by atoms with Crippen LogP contribution >= 0.6 is 0 Å². The molecular weight excluding hydrogens is 290 g/mol. The van der Waals surface area contributed by atoms with Gasteiger partial charge in [-0.15, -0.1) is 0 Å². The molecule has 1 radical (unpaired) electrons. The van der Waals surface area contributed by atoms with Crippen molar-refractivity contribution in [1.82, 2.24) is 29.5 Å². The second kappa shape index (κ2) is 4.77. The third kappa shape index (κ3) is 1.89. The van der Waals surface area contributed by atoms with Crippen LogP contribution in [0.3, 0.4) is 0 Å². The van der Waals surface area contributed by atoms with Crippen LogP contribution < -0.4 is 5.73 Å². The molecule has 3 heterocycles. The Bertz CT molecular complexity index is 1040. The second-order valence-electron chi connectivity index (χ2n) is 5.47. The summed E-state index contributed by atoms with van der Waals surface area (Å²) in [6, 6.07) is 6.10. The molecule has 2 N–H and O–H groups in total. The fourth-order valence-corrected chi connectivity index (χ4v) is 2.87. The molecule has 0 aliphatic heterocycles. The van der Waals surface area contributed by atoms with Crippen LogP contribution in [0.2, 0.25) is 0 Å². The Hall–Kier alpha value is -2.96. The van der Waals surface area contributed by atoms with Crippen LogP contribution in [0, 0.1) is 13.8 Å². The minimum Gasteiger partial charge on any atom is -0.383 e. The zero-order valence-electron chi connectivity index (χ0n) is 13.0. The summed E-state index contributed by atoms with van der Waals surface area (Å²) < 4.78 is 3.61. The van der Waals surface area contributed by atoms with E-state index >= 15 is 0 Å². The second-order valence-corrected chi connectivity index (χ2v) is 5.47. The third-order valence-corrected chi connectivity index (χ3v) is 4.17. The maximum Gasteiger partial charge on any atom is 0.163 e. The molecule has 0 amide bonds. The molecular formula is C16H16N7. The van der Waals surface area contributed by atoms with E-state index in [0.717, 1.165) is 33.2 Å². The van der Waals surface area contributed by atoms with Crippen LogP contribution in [0.5, 0.6) is 0 Å². The lowest BCUT2D eigenvalue weighted by atomic mass is 10.1. The Kier molecular flexibility index (Phi) is 2.84. The van der Waals surface area contributed by atoms with Crippen molar-refractivity contribution in [3.8, 4) is 11.3 Å². The van der Waals surface area contributed by atoms with Crippen molar-refractivity contribution in [3.05, 3.63) is 37.1 Å². The molecule has 0 unspecified atom stereocenters. The standard InChI is InChI=1S/C16H16N7/c1-4-23-16-13(15(17)18-8-19-16)14(21-23)10-5-6-11-9(2)22(3)20-12(11)7-10/h5-8H,1,4H2,2-3H3,(H2,17,18,19). The molecule has 7 heteroatoms. The number of aromatic nitrogens is 6. The Morgan fingerprint density at radius 2 is 2.04 bits per heavy atom. The first-order valence-corrected chi connectivity index (χ1v) is 7.30. The highest BCUT2D eigenvalue weighted by Gasteiger charge is 2.17. The van der Waals surface area contributed by atoms with Crippen LogP contribution in [0.25, 0.3) is 33.2 Å². The molecule has 0 saturated carbocycles. The van der Waals surface area contributed by atoms with E-state index in [9.17, 15) is 0 Å². The van der Waals surface area contributed by atoms with Crippen LogP contribution in [0.15, 0.2) is 24.5 Å². The van der Waals surface area contributed by atoms with Gasteiger partial charge in [0.25, 0.3) is 0 Å². The average Bonchev–Trinajstić information content (AvgIpc) is 3.06. The van der Waals surface area contributed by atoms with E-state index in [-0.39, 0.29) is 0 Å². The summed E-state index contributed by atoms with van der Waals surface area (Å²) in [6.45, 7) is 6.41. The van der Waals surface area contributed by atoms with Gasteiger partial charge < -0.3 is 5.73 Å². The van der Waals surface area contributed by atoms with E-state index in [1.54, 1.807) is 4.68 Å². The Morgan fingerprint density at radius 3 is 2.83 bits per heavy atom. The number of hydrogen-bond donors (Lipinski definition) is 1. The van der Waals surface area contributed by atoms with Gasteiger partial charge >= 0.3 is 0 Å². The van der Waals surface area contributed by atoms with Gasteiger partial charge in [-0.1, -0.05) is 12.1 Å². The normalized spacial score (nSPS) is 11.6. The van der Waals surface area contributed by atoms with E-state index in [1.807, 2.05) is 30.8 Å². The number of nitrogens with two attached hydrogens (primary N) is 1. The summed E-state index contributed by atoms with van der Waals surface area (Å²) >= 11 is 0. The number of nitrogen functional groups attached to an aromatic ring is 1. The summed E-state index contributed by atoms with van der Waals surface area (Å²) in [6.07, 6.45) is 1.45. The van der Waals surface area contributed by atoms with Crippen LogP contribution in [0.1, 0.15) is 5.69 Å². The highest BCUT2D eigenvalue weighted by atomic mass is 15.3. The largest absolute Gasteiger partial charge is 0.383 e. The molecule has 4 aromatic rings. The van der Waals surface area contributed by atoms with Crippen molar-refractivity contribution >= 4 is 27.8 Å². The zero-order chi connectivity index (χ0) is 16.1. The molecule has 0 aliphatic rings. The number of rotatable bonds is 2. The van der Waals surface area contributed by atoms with E-state index in [4.69, 9.17) is 5.73 Å². The molecule has 3 aromatic heterocycles. The molecule has 23 heavy (non-hydrogen) atoms. The first-order valence-electron chi connectivity index (χ1n) is 7.30. The summed E-state index contributed by atoms with van der Waals surface area (Å²) in [5.41, 5.74) is 10.5. The van der Waals surface area contributed by atoms with Crippen molar-refractivity contribution in [1.29, 1.82) is 0 Å². The average molecular weight is 306 g/mol. The van der Waals surface area contributed by atoms with Crippen LogP contribution in [-0.4, -0.2) is 29.5 Å². The maximum atomic E-state index is 6.06. The van der Waals surface area contributed by atoms with Crippen molar-refractivity contribution in [3.63, 3.8) is 0 Å². The van der Waals surface area contributed by atoms with Gasteiger partial charge in [-0.3, -0.25) is 4.68 Å². The van der Waals surface area contributed by atoms with Crippen LogP contribution in [-0.2, 0) is 13.6 Å². The zero-order valence-corrected chi connectivity index (χ0v) is 13.0. The molecule has 0 saturated heterocycles. The van der Waals surface area contributed by atoms with Crippen LogP contribution in [0.4, 0.5) is 5.82 Å². The van der Waals surface area contributed by atoms with E-state index in [1.165, 1.54) is 6.33 Å². The van der Waals surface area contributed by atoms with Crippen molar-refractivity contribution in [2.45, 2.75) is 13.5 Å². The maximum absolute atomic E-state index is 6.06. The van der Waals surface area contributed by atoms with Crippen molar-refractivity contribution in [2.24, 2.45) is 7.05 Å². The first-order chi connectivity index (χ1) is 11.1. The monoisotopic (exact) mass is 306 g/mol. The molecule has 0 atom stereocenters. The van der Waals surface area contributed by atoms with Gasteiger partial charge in [0, 0.05) is 30.2 Å². The molecule has 7 nitrogen and oxygen atoms in total. The highest BCUT2D eigenvalue weighted by molar-refractivity contribution is 5.99. The summed E-state index contributed by atoms with van der Waals surface area (Å²) in [5, 5.41) is 11.0. The lowest BCUT2D eigenvalue weighted by Gasteiger charge is -2.00. The van der Waals surface area contributed by atoms with E-state index in [2.05, 4.69) is 33.2 Å². The SMILES string of the molecule is [CH2]Cn1nc(-c2ccc3c(C)n(C)nc3c2)c2c(N)ncnc21. The summed E-state index contributed by atoms with van der Waals surface area (Å²) in [4.78, 5) is 8.38. The highest BCUT2D eigenvalue weighted by Crippen LogP contribution is 2.32.